The molecule has 1 aromatic rings. The third-order valence-corrected chi connectivity index (χ3v) is 4.70. The van der Waals surface area contributed by atoms with E-state index in [0.29, 0.717) is 0 Å². The van der Waals surface area contributed by atoms with Crippen LogP contribution in [0.1, 0.15) is 24.4 Å². The highest BCUT2D eigenvalue weighted by atomic mass is 79.9. The smallest absolute Gasteiger partial charge is 0.318 e. The van der Waals surface area contributed by atoms with Crippen molar-refractivity contribution in [2.45, 2.75) is 18.9 Å². The minimum Gasteiger partial charge on any atom is -0.329 e. The summed E-state index contributed by atoms with van der Waals surface area (Å²) in [6.07, 6.45) is 2.34. The van der Waals surface area contributed by atoms with Crippen molar-refractivity contribution in [2.75, 3.05) is 26.2 Å². The number of hydrogen-bond acceptors (Lipinski definition) is 2. The van der Waals surface area contributed by atoms with Crippen LogP contribution in [0, 0.1) is 5.92 Å². The first-order valence-electron chi connectivity index (χ1n) is 7.24. The molecular weight excluding hydrogens is 318 g/mol. The lowest BCUT2D eigenvalue weighted by Crippen LogP contribution is -2.30. The molecule has 2 heterocycles. The monoisotopic (exact) mass is 337 g/mol. The number of amides is 2. The number of urea groups is 1. The Kier molecular flexibility index (Phi) is 4.27. The minimum atomic E-state index is 0.0703. The lowest BCUT2D eigenvalue weighted by Gasteiger charge is -2.17. The lowest BCUT2D eigenvalue weighted by molar-refractivity contribution is 0.214. The van der Waals surface area contributed by atoms with Gasteiger partial charge in [-0.3, -0.25) is 0 Å². The van der Waals surface area contributed by atoms with Crippen molar-refractivity contribution in [1.82, 2.24) is 15.5 Å². The Balaban J connectivity index is 1.57. The predicted octanol–water partition coefficient (Wildman–Crippen LogP) is 2.52. The van der Waals surface area contributed by atoms with E-state index in [4.69, 9.17) is 0 Å². The van der Waals surface area contributed by atoms with Gasteiger partial charge in [0.15, 0.2) is 0 Å². The molecule has 108 valence electrons. The van der Waals surface area contributed by atoms with Crippen LogP contribution < -0.4 is 10.6 Å². The zero-order chi connectivity index (χ0) is 13.9. The molecule has 2 aliphatic heterocycles. The number of carbonyl (C=O) groups is 1. The van der Waals surface area contributed by atoms with E-state index in [1.54, 1.807) is 0 Å². The maximum atomic E-state index is 12.0. The highest BCUT2D eigenvalue weighted by molar-refractivity contribution is 9.10. The van der Waals surface area contributed by atoms with Crippen LogP contribution in [0.2, 0.25) is 0 Å². The summed E-state index contributed by atoms with van der Waals surface area (Å²) in [6, 6.07) is 8.35. The van der Waals surface area contributed by atoms with Gasteiger partial charge in [0.25, 0.3) is 0 Å². The molecule has 20 heavy (non-hydrogen) atoms. The molecule has 2 unspecified atom stereocenters. The molecule has 0 aliphatic carbocycles. The van der Waals surface area contributed by atoms with Gasteiger partial charge in [-0.1, -0.05) is 28.1 Å². The van der Waals surface area contributed by atoms with Crippen LogP contribution in [0.5, 0.6) is 0 Å². The highest BCUT2D eigenvalue weighted by Gasteiger charge is 2.30. The molecule has 2 aliphatic rings. The summed E-state index contributed by atoms with van der Waals surface area (Å²) in [7, 11) is 0. The van der Waals surface area contributed by atoms with Crippen LogP contribution in [-0.2, 0) is 0 Å². The summed E-state index contributed by atoms with van der Waals surface area (Å²) >= 11 is 3.48. The Morgan fingerprint density at radius 1 is 1.40 bits per heavy atom. The number of halogens is 1. The van der Waals surface area contributed by atoms with Gasteiger partial charge in [0.1, 0.15) is 0 Å². The molecule has 0 bridgehead atoms. The first-order valence-corrected chi connectivity index (χ1v) is 8.03. The van der Waals surface area contributed by atoms with Gasteiger partial charge < -0.3 is 15.5 Å². The zero-order valence-electron chi connectivity index (χ0n) is 11.4. The Morgan fingerprint density at radius 2 is 2.30 bits per heavy atom. The second-order valence-electron chi connectivity index (χ2n) is 5.65. The van der Waals surface area contributed by atoms with E-state index >= 15 is 0 Å². The van der Waals surface area contributed by atoms with Gasteiger partial charge in [-0.2, -0.15) is 0 Å². The fourth-order valence-electron chi connectivity index (χ4n) is 2.99. The summed E-state index contributed by atoms with van der Waals surface area (Å²) in [5.74, 6) is 0.729. The molecule has 2 atom stereocenters. The van der Waals surface area contributed by atoms with E-state index in [0.717, 1.165) is 48.6 Å². The lowest BCUT2D eigenvalue weighted by atomic mass is 10.0. The average molecular weight is 338 g/mol. The largest absolute Gasteiger partial charge is 0.329 e. The van der Waals surface area contributed by atoms with E-state index < -0.39 is 0 Å². The van der Waals surface area contributed by atoms with Crippen molar-refractivity contribution in [3.8, 4) is 0 Å². The Bertz CT molecular complexity index is 488. The van der Waals surface area contributed by atoms with Crippen molar-refractivity contribution >= 4 is 22.0 Å². The summed E-state index contributed by atoms with van der Waals surface area (Å²) in [4.78, 5) is 14.0. The molecule has 3 rings (SSSR count). The summed E-state index contributed by atoms with van der Waals surface area (Å²) < 4.78 is 1.06. The average Bonchev–Trinajstić information content (AvgIpc) is 3.06. The molecule has 0 radical (unpaired) electrons. The summed E-state index contributed by atoms with van der Waals surface area (Å²) in [5.41, 5.74) is 1.16. The number of benzene rings is 1. The molecule has 0 spiro atoms. The second-order valence-corrected chi connectivity index (χ2v) is 6.57. The van der Waals surface area contributed by atoms with Crippen LogP contribution >= 0.6 is 15.9 Å². The fourth-order valence-corrected chi connectivity index (χ4v) is 3.41. The molecule has 1 aromatic carbocycles. The Labute approximate surface area is 128 Å². The molecule has 5 heteroatoms. The van der Waals surface area contributed by atoms with E-state index in [1.165, 1.54) is 6.42 Å². The van der Waals surface area contributed by atoms with Gasteiger partial charge in [-0.05, 0) is 49.5 Å². The maximum Gasteiger partial charge on any atom is 0.318 e. The van der Waals surface area contributed by atoms with Crippen molar-refractivity contribution in [1.29, 1.82) is 0 Å². The molecule has 2 N–H and O–H groups in total. The number of nitrogens with one attached hydrogen (secondary N) is 2. The normalized spacial score (nSPS) is 26.1. The highest BCUT2D eigenvalue weighted by Crippen LogP contribution is 2.24. The first kappa shape index (κ1) is 13.9. The van der Waals surface area contributed by atoms with Crippen LogP contribution in [0.4, 0.5) is 4.79 Å². The third-order valence-electron chi connectivity index (χ3n) is 4.21. The van der Waals surface area contributed by atoms with Gasteiger partial charge in [0.2, 0.25) is 0 Å². The van der Waals surface area contributed by atoms with Crippen LogP contribution in [0.25, 0.3) is 0 Å². The van der Waals surface area contributed by atoms with Crippen LogP contribution in [0.15, 0.2) is 28.7 Å². The van der Waals surface area contributed by atoms with Crippen molar-refractivity contribution < 1.29 is 4.79 Å². The molecule has 2 fully saturated rings. The maximum absolute atomic E-state index is 12.0. The number of nitrogens with zero attached hydrogens (tertiary/aromatic N) is 1. The minimum absolute atomic E-state index is 0.0703. The predicted molar refractivity (Wildman–Crippen MR) is 82.6 cm³/mol. The van der Waals surface area contributed by atoms with Gasteiger partial charge in [-0.15, -0.1) is 0 Å². The van der Waals surface area contributed by atoms with Crippen molar-refractivity contribution in [3.05, 3.63) is 34.3 Å². The van der Waals surface area contributed by atoms with Gasteiger partial charge in [-0.25, -0.2) is 4.79 Å². The van der Waals surface area contributed by atoms with Crippen LogP contribution in [0.3, 0.4) is 0 Å². The van der Waals surface area contributed by atoms with Crippen molar-refractivity contribution in [3.63, 3.8) is 0 Å². The van der Waals surface area contributed by atoms with Gasteiger partial charge in [0.05, 0.1) is 6.04 Å². The molecular formula is C15H20BrN3O. The van der Waals surface area contributed by atoms with E-state index in [1.807, 2.05) is 17.0 Å². The Hall–Kier alpha value is -1.07. The molecule has 2 amide bonds. The fraction of sp³-hybridized carbons (Fsp3) is 0.533. The number of hydrogen-bond donors (Lipinski definition) is 2. The molecule has 0 saturated carbocycles. The van der Waals surface area contributed by atoms with E-state index in [9.17, 15) is 4.79 Å². The molecule has 0 aromatic heterocycles. The van der Waals surface area contributed by atoms with E-state index in [-0.39, 0.29) is 12.1 Å². The number of rotatable bonds is 4. The van der Waals surface area contributed by atoms with Crippen molar-refractivity contribution in [2.24, 2.45) is 5.92 Å². The second kappa shape index (κ2) is 6.14. The summed E-state index contributed by atoms with van der Waals surface area (Å²) in [6.45, 7) is 3.86. The SMILES string of the molecule is O=C1NC(c2cccc(Br)c2)CN1CCC1CCNC1. The standard InChI is InChI=1S/C15H20BrN3O/c16-13-3-1-2-12(8-13)14-10-19(15(20)18-14)7-5-11-4-6-17-9-11/h1-3,8,11,14,17H,4-7,9-10H2,(H,18,20). The van der Waals surface area contributed by atoms with Gasteiger partial charge in [0, 0.05) is 17.6 Å². The number of carbonyl (C=O) groups excluding carboxylic acids is 1. The zero-order valence-corrected chi connectivity index (χ0v) is 13.0. The Morgan fingerprint density at radius 3 is 3.05 bits per heavy atom. The molecule has 2 saturated heterocycles. The van der Waals surface area contributed by atoms with Crippen LogP contribution in [-0.4, -0.2) is 37.1 Å². The first-order chi connectivity index (χ1) is 9.72. The van der Waals surface area contributed by atoms with Gasteiger partial charge >= 0.3 is 6.03 Å². The summed E-state index contributed by atoms with van der Waals surface area (Å²) in [5, 5.41) is 6.45. The quantitative estimate of drug-likeness (QED) is 0.886. The molecule has 4 nitrogen and oxygen atoms in total. The van der Waals surface area contributed by atoms with E-state index in [2.05, 4.69) is 38.7 Å². The third kappa shape index (κ3) is 3.15. The topological polar surface area (TPSA) is 44.4 Å².